The minimum Gasteiger partial charge on any atom is -0.507 e. The molecule has 3 aromatic rings. The molecule has 1 amide bonds. The second-order valence-electron chi connectivity index (χ2n) is 11.1. The first-order chi connectivity index (χ1) is 18.5. The molecule has 1 unspecified atom stereocenters. The zero-order valence-electron chi connectivity index (χ0n) is 23.9. The zero-order valence-corrected chi connectivity index (χ0v) is 23.9. The van der Waals surface area contributed by atoms with Crippen LogP contribution in [-0.2, 0) is 9.59 Å². The monoisotopic (exact) mass is 526 g/mol. The number of benzene rings is 3. The molecular weight excluding hydrogens is 488 g/mol. The number of carbonyl (C=O) groups is 2. The Balaban J connectivity index is 1.84. The van der Waals surface area contributed by atoms with Gasteiger partial charge in [0, 0.05) is 31.0 Å². The average Bonchev–Trinajstić information content (AvgIpc) is 3.17. The lowest BCUT2D eigenvalue weighted by Crippen LogP contribution is -2.29. The topological polar surface area (TPSA) is 70.1 Å². The summed E-state index contributed by atoms with van der Waals surface area (Å²) in [5, 5.41) is 11.5. The molecule has 6 heteroatoms. The smallest absolute Gasteiger partial charge is 0.300 e. The van der Waals surface area contributed by atoms with Gasteiger partial charge in [-0.15, -0.1) is 0 Å². The molecule has 1 aliphatic heterocycles. The molecule has 4 rings (SSSR count). The Morgan fingerprint density at radius 1 is 0.949 bits per heavy atom. The fourth-order valence-corrected chi connectivity index (χ4v) is 4.76. The van der Waals surface area contributed by atoms with E-state index in [-0.39, 0.29) is 11.3 Å². The molecular formula is C33H38N2O4. The first-order valence-electron chi connectivity index (χ1n) is 13.4. The average molecular weight is 527 g/mol. The van der Waals surface area contributed by atoms with E-state index in [9.17, 15) is 14.7 Å². The van der Waals surface area contributed by atoms with Crippen molar-refractivity contribution in [2.24, 2.45) is 5.92 Å². The number of aliphatic hydroxyl groups is 1. The first-order valence-corrected chi connectivity index (χ1v) is 13.4. The van der Waals surface area contributed by atoms with Gasteiger partial charge in [0.1, 0.15) is 11.5 Å². The molecule has 1 saturated heterocycles. The van der Waals surface area contributed by atoms with Gasteiger partial charge in [0.05, 0.1) is 18.2 Å². The maximum absolute atomic E-state index is 13.5. The number of aliphatic hydroxyl groups excluding tert-OH is 1. The van der Waals surface area contributed by atoms with Crippen molar-refractivity contribution < 1.29 is 19.4 Å². The summed E-state index contributed by atoms with van der Waals surface area (Å²) in [6.45, 7) is 10.9. The Morgan fingerprint density at radius 3 is 2.13 bits per heavy atom. The summed E-state index contributed by atoms with van der Waals surface area (Å²) in [5.41, 5.74) is 4.85. The van der Waals surface area contributed by atoms with E-state index in [4.69, 9.17) is 4.74 Å². The molecule has 3 aromatic carbocycles. The molecule has 0 saturated carbocycles. The summed E-state index contributed by atoms with van der Waals surface area (Å²) in [4.78, 5) is 30.5. The van der Waals surface area contributed by atoms with E-state index in [1.54, 1.807) is 18.2 Å². The van der Waals surface area contributed by atoms with Crippen molar-refractivity contribution in [1.82, 2.24) is 0 Å². The normalized spacial score (nSPS) is 16.8. The number of Topliss-reactive ketones (excluding diaryl/α,β-unsaturated/α-hetero) is 1. The molecule has 1 aliphatic rings. The lowest BCUT2D eigenvalue weighted by atomic mass is 9.92. The van der Waals surface area contributed by atoms with Crippen molar-refractivity contribution in [2.45, 2.75) is 46.6 Å². The lowest BCUT2D eigenvalue weighted by Gasteiger charge is -2.26. The van der Waals surface area contributed by atoms with E-state index in [1.807, 2.05) is 74.4 Å². The van der Waals surface area contributed by atoms with E-state index < -0.39 is 17.7 Å². The van der Waals surface area contributed by atoms with Gasteiger partial charge in [-0.2, -0.15) is 0 Å². The molecule has 1 N–H and O–H groups in total. The highest BCUT2D eigenvalue weighted by atomic mass is 16.5. The predicted molar refractivity (Wildman–Crippen MR) is 158 cm³/mol. The fourth-order valence-electron chi connectivity index (χ4n) is 4.76. The largest absolute Gasteiger partial charge is 0.507 e. The number of hydrogen-bond acceptors (Lipinski definition) is 5. The van der Waals surface area contributed by atoms with Crippen molar-refractivity contribution >= 4 is 28.8 Å². The van der Waals surface area contributed by atoms with Crippen molar-refractivity contribution in [3.05, 3.63) is 94.6 Å². The van der Waals surface area contributed by atoms with Crippen LogP contribution in [0.15, 0.2) is 72.3 Å². The molecule has 1 heterocycles. The third kappa shape index (κ3) is 5.70. The maximum Gasteiger partial charge on any atom is 0.300 e. The Hall–Kier alpha value is -4.06. The van der Waals surface area contributed by atoms with Gasteiger partial charge in [-0.05, 0) is 77.9 Å². The molecule has 204 valence electrons. The third-order valence-electron chi connectivity index (χ3n) is 7.03. The van der Waals surface area contributed by atoms with Crippen LogP contribution in [0.25, 0.3) is 5.76 Å². The van der Waals surface area contributed by atoms with E-state index >= 15 is 0 Å². The van der Waals surface area contributed by atoms with Gasteiger partial charge < -0.3 is 14.7 Å². The highest BCUT2D eigenvalue weighted by molar-refractivity contribution is 6.51. The lowest BCUT2D eigenvalue weighted by molar-refractivity contribution is -0.132. The second kappa shape index (κ2) is 11.4. The molecule has 0 radical (unpaired) electrons. The summed E-state index contributed by atoms with van der Waals surface area (Å²) in [6.07, 6.45) is 0. The predicted octanol–water partition coefficient (Wildman–Crippen LogP) is 6.85. The summed E-state index contributed by atoms with van der Waals surface area (Å²) in [7, 11) is 3.89. The molecule has 0 aliphatic carbocycles. The summed E-state index contributed by atoms with van der Waals surface area (Å²) in [5.74, 6) is -0.133. The van der Waals surface area contributed by atoms with E-state index in [0.29, 0.717) is 29.7 Å². The SMILES string of the molecule is Cc1cc(/C(O)=C2/C(=O)C(=O)N(c3ccc(N(C)C)cc3)C2c2ccc(C(C)C)cc2)ccc1OCC(C)C. The molecule has 1 fully saturated rings. The highest BCUT2D eigenvalue weighted by Crippen LogP contribution is 2.43. The summed E-state index contributed by atoms with van der Waals surface area (Å²) < 4.78 is 5.89. The van der Waals surface area contributed by atoms with Crippen molar-refractivity contribution in [2.75, 3.05) is 30.5 Å². The van der Waals surface area contributed by atoms with Gasteiger partial charge in [-0.1, -0.05) is 52.0 Å². The second-order valence-corrected chi connectivity index (χ2v) is 11.1. The maximum atomic E-state index is 13.5. The number of hydrogen-bond donors (Lipinski definition) is 1. The number of anilines is 2. The number of ether oxygens (including phenoxy) is 1. The molecule has 0 aromatic heterocycles. The third-order valence-corrected chi connectivity index (χ3v) is 7.03. The van der Waals surface area contributed by atoms with E-state index in [2.05, 4.69) is 27.7 Å². The molecule has 6 nitrogen and oxygen atoms in total. The van der Waals surface area contributed by atoms with E-state index in [1.165, 1.54) is 4.90 Å². The van der Waals surface area contributed by atoms with Crippen molar-refractivity contribution in [3.63, 3.8) is 0 Å². The standard InChI is InChI=1S/C33H38N2O4/c1-20(2)19-39-28-17-12-25(18-22(28)5)31(36)29-30(24-10-8-23(9-11-24)21(3)4)35(33(38)32(29)37)27-15-13-26(14-16-27)34(6)7/h8-18,20-21,30,36H,19H2,1-7H3/b31-29-. The van der Waals surface area contributed by atoms with Gasteiger partial charge in [-0.3, -0.25) is 14.5 Å². The number of rotatable bonds is 8. The Kier molecular flexibility index (Phi) is 8.14. The zero-order chi connectivity index (χ0) is 28.4. The first kappa shape index (κ1) is 28.0. The van der Waals surface area contributed by atoms with Crippen molar-refractivity contribution in [3.8, 4) is 5.75 Å². The number of carbonyl (C=O) groups excluding carboxylic acids is 2. The Morgan fingerprint density at radius 2 is 1.59 bits per heavy atom. The number of amides is 1. The van der Waals surface area contributed by atoms with Crippen LogP contribution < -0.4 is 14.5 Å². The van der Waals surface area contributed by atoms with Crippen LogP contribution in [0.1, 0.15) is 61.9 Å². The van der Waals surface area contributed by atoms with Crippen LogP contribution in [0.2, 0.25) is 0 Å². The number of ketones is 1. The number of nitrogens with zero attached hydrogens (tertiary/aromatic N) is 2. The minimum absolute atomic E-state index is 0.0734. The summed E-state index contributed by atoms with van der Waals surface area (Å²) in [6, 6.07) is 20.0. The fraction of sp³-hybridized carbons (Fsp3) is 0.333. The van der Waals surface area contributed by atoms with Gasteiger partial charge in [0.2, 0.25) is 0 Å². The Bertz CT molecular complexity index is 1390. The minimum atomic E-state index is -0.770. The summed E-state index contributed by atoms with van der Waals surface area (Å²) >= 11 is 0. The van der Waals surface area contributed by atoms with Crippen LogP contribution >= 0.6 is 0 Å². The molecule has 1 atom stereocenters. The van der Waals surface area contributed by atoms with E-state index in [0.717, 1.165) is 28.1 Å². The van der Waals surface area contributed by atoms with Crippen LogP contribution in [0, 0.1) is 12.8 Å². The quantitative estimate of drug-likeness (QED) is 0.198. The van der Waals surface area contributed by atoms with Gasteiger partial charge >= 0.3 is 0 Å². The van der Waals surface area contributed by atoms with Gasteiger partial charge in [-0.25, -0.2) is 0 Å². The van der Waals surface area contributed by atoms with Gasteiger partial charge in [0.15, 0.2) is 0 Å². The van der Waals surface area contributed by atoms with Gasteiger partial charge in [0.25, 0.3) is 11.7 Å². The molecule has 0 bridgehead atoms. The molecule has 39 heavy (non-hydrogen) atoms. The Labute approximate surface area is 231 Å². The van der Waals surface area contributed by atoms with Crippen LogP contribution in [0.5, 0.6) is 5.75 Å². The van der Waals surface area contributed by atoms with Crippen LogP contribution in [-0.4, -0.2) is 37.5 Å². The number of aryl methyl sites for hydroxylation is 1. The van der Waals surface area contributed by atoms with Crippen LogP contribution in [0.4, 0.5) is 11.4 Å². The van der Waals surface area contributed by atoms with Crippen LogP contribution in [0.3, 0.4) is 0 Å². The highest BCUT2D eigenvalue weighted by Gasteiger charge is 2.47. The molecule has 0 spiro atoms. The van der Waals surface area contributed by atoms with Crippen molar-refractivity contribution in [1.29, 1.82) is 0 Å².